The van der Waals surface area contributed by atoms with Gasteiger partial charge in [0.25, 0.3) is 5.91 Å². The molecule has 0 saturated carbocycles. The molecule has 1 aliphatic rings. The molecular formula is C27H20F9N5O3. The van der Waals surface area contributed by atoms with Crippen LogP contribution in [0.4, 0.5) is 51.0 Å². The predicted octanol–water partition coefficient (Wildman–Crippen LogP) is 6.61. The van der Waals surface area contributed by atoms with Crippen LogP contribution in [0.3, 0.4) is 0 Å². The predicted molar refractivity (Wildman–Crippen MR) is 138 cm³/mol. The van der Waals surface area contributed by atoms with Gasteiger partial charge in [-0.05, 0) is 54.4 Å². The minimum atomic E-state index is -5.08. The first-order valence-electron chi connectivity index (χ1n) is 12.5. The average molecular weight is 633 g/mol. The Bertz CT molecular complexity index is 1660. The van der Waals surface area contributed by atoms with Gasteiger partial charge in [-0.2, -0.15) is 39.5 Å². The number of carbonyl (C=O) groups excluding carboxylic acids is 1. The van der Waals surface area contributed by atoms with Crippen LogP contribution in [0.5, 0.6) is 0 Å². The molecule has 0 unspecified atom stereocenters. The lowest BCUT2D eigenvalue weighted by Crippen LogP contribution is -2.37. The molecule has 0 aliphatic carbocycles. The van der Waals surface area contributed by atoms with Crippen LogP contribution in [0.25, 0.3) is 11.0 Å². The Kier molecular flexibility index (Phi) is 8.78. The van der Waals surface area contributed by atoms with Crippen molar-refractivity contribution >= 4 is 34.4 Å². The van der Waals surface area contributed by atoms with Crippen molar-refractivity contribution in [1.82, 2.24) is 14.5 Å². The summed E-state index contributed by atoms with van der Waals surface area (Å²) in [6.07, 6.45) is -11.9. The molecule has 0 spiro atoms. The minimum Gasteiger partial charge on any atom is -0.475 e. The summed E-state index contributed by atoms with van der Waals surface area (Å²) < 4.78 is 113. The van der Waals surface area contributed by atoms with Gasteiger partial charge in [0.2, 0.25) is 0 Å². The number of hydrogen-bond donors (Lipinski definition) is 2. The molecule has 5 rings (SSSR count). The van der Waals surface area contributed by atoms with Crippen LogP contribution in [0.2, 0.25) is 0 Å². The molecule has 4 heterocycles. The van der Waals surface area contributed by atoms with E-state index < -0.39 is 41.7 Å². The van der Waals surface area contributed by atoms with E-state index in [9.17, 15) is 44.3 Å². The monoisotopic (exact) mass is 633 g/mol. The summed E-state index contributed by atoms with van der Waals surface area (Å²) in [5.74, 6) is -2.67. The van der Waals surface area contributed by atoms with Crippen LogP contribution in [0, 0.1) is 0 Å². The van der Waals surface area contributed by atoms with Crippen molar-refractivity contribution in [1.29, 1.82) is 0 Å². The number of carboxylic acid groups (broad SMARTS) is 1. The average Bonchev–Trinajstić information content (AvgIpc) is 3.25. The fraction of sp³-hybridized carbons (Fsp3) is 0.259. The highest BCUT2D eigenvalue weighted by molar-refractivity contribution is 6.06. The van der Waals surface area contributed by atoms with Gasteiger partial charge in [0.05, 0.1) is 17.4 Å². The molecule has 1 saturated heterocycles. The van der Waals surface area contributed by atoms with Crippen molar-refractivity contribution in [2.45, 2.75) is 31.5 Å². The van der Waals surface area contributed by atoms with E-state index in [4.69, 9.17) is 9.90 Å². The Hall–Kier alpha value is -4.83. The maximum Gasteiger partial charge on any atom is 0.490 e. The van der Waals surface area contributed by atoms with Crippen LogP contribution >= 0.6 is 0 Å². The van der Waals surface area contributed by atoms with Gasteiger partial charge in [0.15, 0.2) is 0 Å². The van der Waals surface area contributed by atoms with Gasteiger partial charge in [-0.1, -0.05) is 12.1 Å². The summed E-state index contributed by atoms with van der Waals surface area (Å²) in [6.45, 7) is 1.47. The Morgan fingerprint density at radius 3 is 2.09 bits per heavy atom. The molecule has 44 heavy (non-hydrogen) atoms. The first-order valence-corrected chi connectivity index (χ1v) is 12.5. The number of rotatable bonds is 5. The lowest BCUT2D eigenvalue weighted by molar-refractivity contribution is -0.192. The van der Waals surface area contributed by atoms with Crippen LogP contribution in [-0.2, 0) is 23.7 Å². The van der Waals surface area contributed by atoms with Gasteiger partial charge < -0.3 is 19.9 Å². The molecule has 3 aromatic heterocycles. The number of anilines is 2. The highest BCUT2D eigenvalue weighted by Gasteiger charge is 2.38. The number of fused-ring (bicyclic) bond motifs is 1. The Morgan fingerprint density at radius 1 is 0.886 bits per heavy atom. The summed E-state index contributed by atoms with van der Waals surface area (Å²) in [4.78, 5) is 32.1. The smallest absolute Gasteiger partial charge is 0.475 e. The number of aromatic nitrogens is 3. The van der Waals surface area contributed by atoms with Crippen molar-refractivity contribution in [3.05, 3.63) is 83.3 Å². The van der Waals surface area contributed by atoms with Crippen molar-refractivity contribution in [3.8, 4) is 0 Å². The molecule has 1 aromatic carbocycles. The highest BCUT2D eigenvalue weighted by Crippen LogP contribution is 2.32. The lowest BCUT2D eigenvalue weighted by atomic mass is 10.1. The number of carbonyl (C=O) groups is 2. The lowest BCUT2D eigenvalue weighted by Gasteiger charge is -2.31. The van der Waals surface area contributed by atoms with E-state index in [1.165, 1.54) is 35.0 Å². The third-order valence-corrected chi connectivity index (χ3v) is 6.29. The number of amides is 1. The summed E-state index contributed by atoms with van der Waals surface area (Å²) in [5, 5.41) is 10.0. The van der Waals surface area contributed by atoms with E-state index in [1.807, 2.05) is 0 Å². The van der Waals surface area contributed by atoms with E-state index in [1.54, 1.807) is 12.1 Å². The van der Waals surface area contributed by atoms with Gasteiger partial charge in [0.1, 0.15) is 22.9 Å². The number of nitrogens with zero attached hydrogens (tertiary/aromatic N) is 4. The zero-order valence-electron chi connectivity index (χ0n) is 22.1. The van der Waals surface area contributed by atoms with E-state index in [2.05, 4.69) is 20.2 Å². The summed E-state index contributed by atoms with van der Waals surface area (Å²) in [7, 11) is 0. The summed E-state index contributed by atoms with van der Waals surface area (Å²) >= 11 is 0. The number of halogens is 9. The third kappa shape index (κ3) is 7.57. The van der Waals surface area contributed by atoms with Crippen LogP contribution in [0.15, 0.2) is 60.8 Å². The van der Waals surface area contributed by atoms with E-state index >= 15 is 0 Å². The molecule has 0 atom stereocenters. The quantitative estimate of drug-likeness (QED) is 0.240. The van der Waals surface area contributed by atoms with Gasteiger partial charge >= 0.3 is 24.5 Å². The van der Waals surface area contributed by atoms with Crippen molar-refractivity contribution in [2.24, 2.45) is 0 Å². The molecule has 0 radical (unpaired) electrons. The fourth-order valence-corrected chi connectivity index (χ4v) is 4.05. The fourth-order valence-electron chi connectivity index (χ4n) is 4.05. The van der Waals surface area contributed by atoms with Crippen LogP contribution in [-0.4, -0.2) is 50.8 Å². The molecule has 8 nitrogen and oxygen atoms in total. The molecule has 1 amide bonds. The van der Waals surface area contributed by atoms with Crippen LogP contribution in [0.1, 0.15) is 33.7 Å². The first-order chi connectivity index (χ1) is 20.4. The number of aliphatic carboxylic acids is 1. The number of benzene rings is 1. The molecule has 17 heteroatoms. The van der Waals surface area contributed by atoms with Crippen molar-refractivity contribution in [2.75, 3.05) is 23.3 Å². The van der Waals surface area contributed by atoms with E-state index in [0.717, 1.165) is 43.5 Å². The van der Waals surface area contributed by atoms with Crippen molar-refractivity contribution in [3.63, 3.8) is 0 Å². The molecule has 1 aliphatic heterocycles. The minimum absolute atomic E-state index is 0.0638. The number of hydrogen-bond acceptors (Lipinski definition) is 5. The zero-order chi connectivity index (χ0) is 32.4. The number of nitrogens with one attached hydrogen (secondary N) is 1. The molecule has 234 valence electrons. The number of carboxylic acids is 1. The maximum atomic E-state index is 13.3. The van der Waals surface area contributed by atoms with Crippen LogP contribution < -0.4 is 10.2 Å². The second-order valence-corrected chi connectivity index (χ2v) is 9.42. The molecule has 0 bridgehead atoms. The van der Waals surface area contributed by atoms with Crippen molar-refractivity contribution < 1.29 is 54.2 Å². The molecular weight excluding hydrogens is 613 g/mol. The second-order valence-electron chi connectivity index (χ2n) is 9.42. The van der Waals surface area contributed by atoms with E-state index in [-0.39, 0.29) is 28.8 Å². The summed E-state index contributed by atoms with van der Waals surface area (Å²) in [6, 6.07) is 11.1. The Balaban J connectivity index is 0.000000566. The normalized spacial score (nSPS) is 13.6. The Labute approximate surface area is 241 Å². The number of alkyl halides is 9. The Morgan fingerprint density at radius 2 is 1.57 bits per heavy atom. The SMILES string of the molecule is O=C(Nc1ccc(N2CCC2)nc1)c1cc2ccc(C(F)(F)F)nc2n1Cc1cccc(C(F)(F)F)c1.O=C(O)C(F)(F)F. The molecule has 2 N–H and O–H groups in total. The standard InChI is InChI=1S/C25H19F6N5O.C2HF3O2/c26-24(27,28)17-4-1-3-15(11-17)14-36-19(12-16-5-7-20(25(29,30)31)34-22(16)36)23(37)33-18-6-8-21(32-13-18)35-9-2-10-35;3-2(4,5)1(6)7/h1,3-8,11-13H,2,9-10,14H2,(H,33,37);(H,6,7). The maximum absolute atomic E-state index is 13.3. The van der Waals surface area contributed by atoms with E-state index in [0.29, 0.717) is 5.69 Å². The third-order valence-electron chi connectivity index (χ3n) is 6.29. The van der Waals surface area contributed by atoms with Gasteiger partial charge in [-0.25, -0.2) is 14.8 Å². The molecule has 1 fully saturated rings. The summed E-state index contributed by atoms with van der Waals surface area (Å²) in [5.41, 5.74) is -1.84. The zero-order valence-corrected chi connectivity index (χ0v) is 22.1. The van der Waals surface area contributed by atoms with Gasteiger partial charge in [-0.3, -0.25) is 4.79 Å². The van der Waals surface area contributed by atoms with Gasteiger partial charge in [-0.15, -0.1) is 0 Å². The second kappa shape index (κ2) is 12.0. The number of pyridine rings is 2. The largest absolute Gasteiger partial charge is 0.490 e. The van der Waals surface area contributed by atoms with Gasteiger partial charge in [0, 0.05) is 25.0 Å². The molecule has 4 aromatic rings. The first kappa shape index (κ1) is 32.1. The highest BCUT2D eigenvalue weighted by atomic mass is 19.4. The topological polar surface area (TPSA) is 100 Å².